The van der Waals surface area contributed by atoms with E-state index in [4.69, 9.17) is 16.2 Å². The van der Waals surface area contributed by atoms with Crippen LogP contribution in [0.1, 0.15) is 40.0 Å². The molecule has 0 spiro atoms. The van der Waals surface area contributed by atoms with Crippen molar-refractivity contribution in [1.82, 2.24) is 5.32 Å². The zero-order chi connectivity index (χ0) is 18.4. The molecule has 1 saturated carbocycles. The molecule has 0 aromatic rings. The molecule has 0 aromatic heterocycles. The maximum Gasteiger partial charge on any atom is 0.311 e. The van der Waals surface area contributed by atoms with Crippen molar-refractivity contribution in [3.8, 4) is 0 Å². The number of methoxy groups -OCH3 is 1. The highest BCUT2D eigenvalue weighted by atomic mass is 35.5. The molecule has 0 aromatic carbocycles. The first kappa shape index (κ1) is 23.5. The average Bonchev–Trinajstić information content (AvgIpc) is 2.82. The lowest BCUT2D eigenvalue weighted by Gasteiger charge is -2.35. The number of ether oxygens (including phenoxy) is 1. The van der Waals surface area contributed by atoms with Crippen LogP contribution in [-0.4, -0.2) is 48.2 Å². The lowest BCUT2D eigenvalue weighted by molar-refractivity contribution is -0.149. The summed E-state index contributed by atoms with van der Waals surface area (Å²) in [5.41, 5.74) is 11.0. The first-order chi connectivity index (χ1) is 11.3. The van der Waals surface area contributed by atoms with E-state index in [0.717, 1.165) is 12.8 Å². The summed E-state index contributed by atoms with van der Waals surface area (Å²) in [5.74, 6) is -1.81. The van der Waals surface area contributed by atoms with Crippen molar-refractivity contribution in [2.24, 2.45) is 34.2 Å². The van der Waals surface area contributed by atoms with Crippen LogP contribution in [0.5, 0.6) is 0 Å². The van der Waals surface area contributed by atoms with E-state index < -0.39 is 30.0 Å². The molecule has 0 unspecified atom stereocenters. The Morgan fingerprint density at radius 1 is 1.32 bits per heavy atom. The van der Waals surface area contributed by atoms with Gasteiger partial charge in [-0.25, -0.2) is 4.99 Å². The minimum atomic E-state index is -0.983. The van der Waals surface area contributed by atoms with Gasteiger partial charge in [-0.2, -0.15) is 0 Å². The number of hydrogen-bond acceptors (Lipinski definition) is 5. The fraction of sp³-hybridized carbons (Fsp3) is 0.812. The molecule has 0 heterocycles. The van der Waals surface area contributed by atoms with E-state index >= 15 is 0 Å². The van der Waals surface area contributed by atoms with Crippen LogP contribution in [0.2, 0.25) is 0 Å². The Balaban J connectivity index is 0.00000576. The third-order valence-electron chi connectivity index (χ3n) is 4.91. The third-order valence-corrected chi connectivity index (χ3v) is 4.91. The van der Waals surface area contributed by atoms with Gasteiger partial charge in [-0.15, -0.1) is 12.4 Å². The van der Waals surface area contributed by atoms with Crippen LogP contribution >= 0.6 is 12.4 Å². The number of esters is 1. The first-order valence-electron chi connectivity index (χ1n) is 8.38. The number of nitrogens with one attached hydrogen (secondary N) is 1. The van der Waals surface area contributed by atoms with Crippen molar-refractivity contribution >= 4 is 30.2 Å². The second-order valence-electron chi connectivity index (χ2n) is 6.36. The summed E-state index contributed by atoms with van der Waals surface area (Å²) < 4.78 is 4.78. The van der Waals surface area contributed by atoms with Crippen LogP contribution in [0, 0.1) is 17.8 Å². The lowest BCUT2D eigenvalue weighted by Crippen LogP contribution is -2.51. The van der Waals surface area contributed by atoms with E-state index in [-0.39, 0.29) is 42.7 Å². The number of aliphatic hydroxyl groups excluding tert-OH is 1. The molecule has 0 saturated heterocycles. The van der Waals surface area contributed by atoms with Crippen molar-refractivity contribution in [2.75, 3.05) is 7.11 Å². The minimum absolute atomic E-state index is 0. The van der Waals surface area contributed by atoms with Crippen LogP contribution in [0.4, 0.5) is 0 Å². The molecule has 1 aliphatic rings. The van der Waals surface area contributed by atoms with Crippen LogP contribution in [0.15, 0.2) is 4.99 Å². The second-order valence-corrected chi connectivity index (χ2v) is 6.36. The number of aliphatic hydroxyl groups is 1. The maximum absolute atomic E-state index is 12.0. The Bertz CT molecular complexity index is 481. The normalized spacial score (nSPS) is 26.5. The van der Waals surface area contributed by atoms with Gasteiger partial charge in [-0.1, -0.05) is 26.7 Å². The van der Waals surface area contributed by atoms with Crippen LogP contribution < -0.4 is 16.8 Å². The van der Waals surface area contributed by atoms with Gasteiger partial charge in [0.2, 0.25) is 5.91 Å². The topological polar surface area (TPSA) is 140 Å². The largest absolute Gasteiger partial charge is 0.469 e. The van der Waals surface area contributed by atoms with Crippen molar-refractivity contribution in [1.29, 1.82) is 0 Å². The average molecular weight is 379 g/mol. The van der Waals surface area contributed by atoms with E-state index in [2.05, 4.69) is 10.3 Å². The van der Waals surface area contributed by atoms with Gasteiger partial charge in [0.05, 0.1) is 25.2 Å². The minimum Gasteiger partial charge on any atom is -0.469 e. The number of nitrogens with two attached hydrogens (primary N) is 2. The number of rotatable bonds is 7. The highest BCUT2D eigenvalue weighted by Gasteiger charge is 2.51. The molecule has 1 fully saturated rings. The molecular formula is C16H31ClN4O4. The molecule has 1 amide bonds. The molecule has 25 heavy (non-hydrogen) atoms. The number of halogens is 1. The Morgan fingerprint density at radius 3 is 2.28 bits per heavy atom. The van der Waals surface area contributed by atoms with Crippen LogP contribution in [0.3, 0.4) is 0 Å². The van der Waals surface area contributed by atoms with Gasteiger partial charge in [0, 0.05) is 18.9 Å². The molecule has 6 N–H and O–H groups in total. The molecule has 0 radical (unpaired) electrons. The van der Waals surface area contributed by atoms with Gasteiger partial charge in [-0.3, -0.25) is 9.59 Å². The molecule has 1 rings (SSSR count). The smallest absolute Gasteiger partial charge is 0.311 e. The number of amides is 1. The Labute approximate surface area is 155 Å². The molecule has 5 atom stereocenters. The second kappa shape index (κ2) is 10.5. The first-order valence-corrected chi connectivity index (χ1v) is 8.38. The van der Waals surface area contributed by atoms with Crippen molar-refractivity contribution in [2.45, 2.75) is 58.2 Å². The molecule has 8 nitrogen and oxygen atoms in total. The van der Waals surface area contributed by atoms with E-state index in [1.165, 1.54) is 14.0 Å². The summed E-state index contributed by atoms with van der Waals surface area (Å²) in [6.45, 7) is 5.49. The summed E-state index contributed by atoms with van der Waals surface area (Å²) in [4.78, 5) is 27.9. The molecule has 1 aliphatic carbocycles. The SMILES string of the molecule is CCC(CC)[C@H](NC(C)=O)[C@@H]1[C@H](O)[C@@H](C(=O)OC)C[C@H]1N=C(N)N.Cl. The maximum atomic E-state index is 12.0. The number of carbonyl (C=O) groups excluding carboxylic acids is 2. The van der Waals surface area contributed by atoms with E-state index in [9.17, 15) is 14.7 Å². The summed E-state index contributed by atoms with van der Waals surface area (Å²) in [6, 6.07) is -0.776. The van der Waals surface area contributed by atoms with Crippen LogP contribution in [0.25, 0.3) is 0 Å². The molecule has 146 valence electrons. The Hall–Kier alpha value is -1.54. The molecule has 0 aliphatic heterocycles. The standard InChI is InChI=1S/C16H30N4O4.ClH/c1-5-9(6-2)13(19-8(3)21)12-11(20-16(17)18)7-10(14(12)22)15(23)24-4;/h9-14,22H,5-7H2,1-4H3,(H,19,21)(H4,17,18,20);1H/t10-,11+,12+,13-,14+;/m0./s1. The molecule has 0 bridgehead atoms. The predicted molar refractivity (Wildman–Crippen MR) is 98.1 cm³/mol. The zero-order valence-corrected chi connectivity index (χ0v) is 16.1. The van der Waals surface area contributed by atoms with E-state index in [0.29, 0.717) is 0 Å². The molecule has 9 heteroatoms. The fourth-order valence-electron chi connectivity index (χ4n) is 3.78. The number of guanidine groups is 1. The Kier molecular flexibility index (Phi) is 9.81. The van der Waals surface area contributed by atoms with Crippen LogP contribution in [-0.2, 0) is 14.3 Å². The van der Waals surface area contributed by atoms with Gasteiger partial charge < -0.3 is 26.6 Å². The van der Waals surface area contributed by atoms with E-state index in [1.807, 2.05) is 13.8 Å². The summed E-state index contributed by atoms with van der Waals surface area (Å²) in [6.07, 6.45) is 0.944. The quantitative estimate of drug-likeness (QED) is 0.282. The number of nitrogens with zero attached hydrogens (tertiary/aromatic N) is 1. The van der Waals surface area contributed by atoms with Gasteiger partial charge in [-0.05, 0) is 12.3 Å². The van der Waals surface area contributed by atoms with E-state index in [1.54, 1.807) is 0 Å². The monoisotopic (exact) mass is 378 g/mol. The van der Waals surface area contributed by atoms with Crippen molar-refractivity contribution in [3.05, 3.63) is 0 Å². The summed E-state index contributed by atoms with van der Waals surface area (Å²) in [5, 5.41) is 13.7. The molecular weight excluding hydrogens is 348 g/mol. The van der Waals surface area contributed by atoms with Crippen molar-refractivity contribution in [3.63, 3.8) is 0 Å². The Morgan fingerprint density at radius 2 is 1.88 bits per heavy atom. The van der Waals surface area contributed by atoms with Crippen molar-refractivity contribution < 1.29 is 19.4 Å². The lowest BCUT2D eigenvalue weighted by atomic mass is 9.80. The number of carbonyl (C=O) groups is 2. The fourth-order valence-corrected chi connectivity index (χ4v) is 3.78. The highest BCUT2D eigenvalue weighted by Crippen LogP contribution is 2.39. The summed E-state index contributed by atoms with van der Waals surface area (Å²) >= 11 is 0. The van der Waals surface area contributed by atoms with Gasteiger partial charge in [0.1, 0.15) is 0 Å². The summed E-state index contributed by atoms with van der Waals surface area (Å²) in [7, 11) is 1.28. The number of hydrogen-bond donors (Lipinski definition) is 4. The van der Waals surface area contributed by atoms with Gasteiger partial charge >= 0.3 is 5.97 Å². The van der Waals surface area contributed by atoms with Gasteiger partial charge in [0.15, 0.2) is 5.96 Å². The highest BCUT2D eigenvalue weighted by molar-refractivity contribution is 5.85. The third kappa shape index (κ3) is 5.74. The zero-order valence-electron chi connectivity index (χ0n) is 15.3. The predicted octanol–water partition coefficient (Wildman–Crippen LogP) is 0.161. The van der Waals surface area contributed by atoms with Gasteiger partial charge in [0.25, 0.3) is 0 Å². The number of aliphatic imine (C=N–C) groups is 1.